The Bertz CT molecular complexity index is 1100. The number of benzene rings is 1. The van der Waals surface area contributed by atoms with Crippen molar-refractivity contribution in [1.29, 1.82) is 0 Å². The summed E-state index contributed by atoms with van der Waals surface area (Å²) in [5, 5.41) is 0. The summed E-state index contributed by atoms with van der Waals surface area (Å²) >= 11 is 0. The predicted octanol–water partition coefficient (Wildman–Crippen LogP) is 2.84. The first kappa shape index (κ1) is 19.4. The number of aromatic nitrogens is 3. The van der Waals surface area contributed by atoms with E-state index in [2.05, 4.69) is 4.98 Å². The molecule has 0 radical (unpaired) electrons. The molecule has 0 spiro atoms. The fourth-order valence-electron chi connectivity index (χ4n) is 2.86. The van der Waals surface area contributed by atoms with Gasteiger partial charge in [0.15, 0.2) is 0 Å². The van der Waals surface area contributed by atoms with Gasteiger partial charge in [0.2, 0.25) is 5.65 Å². The summed E-state index contributed by atoms with van der Waals surface area (Å²) in [4.78, 5) is 31.2. The van der Waals surface area contributed by atoms with Crippen LogP contribution in [-0.4, -0.2) is 46.0 Å². The van der Waals surface area contributed by atoms with Crippen LogP contribution >= 0.6 is 0 Å². The van der Waals surface area contributed by atoms with E-state index in [0.29, 0.717) is 6.54 Å². The Morgan fingerprint density at radius 3 is 2.43 bits per heavy atom. The molecule has 146 valence electrons. The van der Waals surface area contributed by atoms with Crippen LogP contribution in [0.5, 0.6) is 5.75 Å². The van der Waals surface area contributed by atoms with Crippen molar-refractivity contribution in [1.82, 2.24) is 18.9 Å². The third-order valence-corrected chi connectivity index (χ3v) is 4.41. The topological polar surface area (TPSA) is 68.8 Å². The molecule has 0 saturated carbocycles. The van der Waals surface area contributed by atoms with Crippen LogP contribution in [-0.2, 0) is 6.54 Å². The van der Waals surface area contributed by atoms with E-state index in [4.69, 9.17) is 4.74 Å². The second kappa shape index (κ2) is 7.72. The van der Waals surface area contributed by atoms with Gasteiger partial charge in [-0.15, -0.1) is 0 Å². The molecule has 2 aromatic heterocycles. The van der Waals surface area contributed by atoms with E-state index < -0.39 is 0 Å². The molecule has 7 heteroatoms. The lowest BCUT2D eigenvalue weighted by molar-refractivity contribution is 0.0822. The zero-order valence-corrected chi connectivity index (χ0v) is 16.8. The van der Waals surface area contributed by atoms with E-state index in [-0.39, 0.29) is 22.8 Å². The highest BCUT2D eigenvalue weighted by Crippen LogP contribution is 2.22. The number of allylic oxidation sites excluding steroid dienone is 2. The summed E-state index contributed by atoms with van der Waals surface area (Å²) < 4.78 is 8.52. The fraction of sp³-hybridized carbons (Fsp3) is 0.286. The molecule has 0 fully saturated rings. The monoisotopic (exact) mass is 380 g/mol. The number of methoxy groups -OCH3 is 1. The quantitative estimate of drug-likeness (QED) is 0.638. The molecule has 0 aliphatic rings. The average molecular weight is 380 g/mol. The second-order valence-corrected chi connectivity index (χ2v) is 7.00. The number of amides is 1. The molecular weight excluding hydrogens is 356 g/mol. The van der Waals surface area contributed by atoms with E-state index in [1.807, 2.05) is 50.4 Å². The van der Waals surface area contributed by atoms with Crippen LogP contribution in [0, 0.1) is 0 Å². The zero-order chi connectivity index (χ0) is 20.4. The number of hydrogen-bond donors (Lipinski definition) is 0. The van der Waals surface area contributed by atoms with Crippen molar-refractivity contribution in [2.75, 3.05) is 21.2 Å². The Morgan fingerprint density at radius 1 is 1.18 bits per heavy atom. The third-order valence-electron chi connectivity index (χ3n) is 4.41. The summed E-state index contributed by atoms with van der Waals surface area (Å²) in [6.07, 6.45) is 5.41. The lowest BCUT2D eigenvalue weighted by Gasteiger charge is -2.13. The van der Waals surface area contributed by atoms with Gasteiger partial charge in [0.1, 0.15) is 11.4 Å². The predicted molar refractivity (Wildman–Crippen MR) is 109 cm³/mol. The number of hydrogen-bond acceptors (Lipinski definition) is 4. The molecule has 1 aromatic carbocycles. The number of rotatable bonds is 5. The number of carbonyl (C=O) groups excluding carboxylic acids is 1. The highest BCUT2D eigenvalue weighted by molar-refractivity contribution is 5.92. The molecule has 0 saturated heterocycles. The van der Waals surface area contributed by atoms with Gasteiger partial charge in [0, 0.05) is 38.6 Å². The zero-order valence-electron chi connectivity index (χ0n) is 16.8. The van der Waals surface area contributed by atoms with Gasteiger partial charge in [-0.2, -0.15) is 0 Å². The number of fused-ring (bicyclic) bond motifs is 1. The molecule has 3 aromatic rings. The van der Waals surface area contributed by atoms with Crippen LogP contribution in [0.25, 0.3) is 16.9 Å². The normalized spacial score (nSPS) is 10.8. The Balaban J connectivity index is 2.24. The molecule has 7 nitrogen and oxygen atoms in total. The SMILES string of the molecule is COc1ccc(-c2cn3cc(C(=O)N(C)C)nc3c(=O)n2CC=C(C)C)cc1. The molecule has 0 unspecified atom stereocenters. The second-order valence-electron chi connectivity index (χ2n) is 7.00. The molecule has 0 aliphatic carbocycles. The molecule has 0 N–H and O–H groups in total. The molecule has 3 rings (SSSR count). The largest absolute Gasteiger partial charge is 0.497 e. The molecule has 2 heterocycles. The van der Waals surface area contributed by atoms with E-state index in [9.17, 15) is 9.59 Å². The molecule has 0 bridgehead atoms. The highest BCUT2D eigenvalue weighted by Gasteiger charge is 2.17. The maximum atomic E-state index is 13.2. The standard InChI is InChI=1S/C21H24N4O3/c1-14(2)10-11-25-18(15-6-8-16(28-5)9-7-15)13-24-12-17(20(26)23(3)4)22-19(24)21(25)27/h6-10,12-13H,11H2,1-5H3. The lowest BCUT2D eigenvalue weighted by atomic mass is 10.1. The summed E-state index contributed by atoms with van der Waals surface area (Å²) in [6.45, 7) is 4.39. The first-order valence-electron chi connectivity index (χ1n) is 8.93. The maximum Gasteiger partial charge on any atom is 0.295 e. The molecule has 0 atom stereocenters. The van der Waals surface area contributed by atoms with E-state index in [1.54, 1.807) is 36.4 Å². The number of ether oxygens (including phenoxy) is 1. The van der Waals surface area contributed by atoms with Gasteiger partial charge in [0.05, 0.1) is 12.8 Å². The van der Waals surface area contributed by atoms with Crippen LogP contribution in [0.1, 0.15) is 24.3 Å². The first-order chi connectivity index (χ1) is 13.3. The van der Waals surface area contributed by atoms with Crippen LogP contribution < -0.4 is 10.3 Å². The Labute approximate surface area is 163 Å². The van der Waals surface area contributed by atoms with Crippen molar-refractivity contribution < 1.29 is 9.53 Å². The fourth-order valence-corrected chi connectivity index (χ4v) is 2.86. The number of carbonyl (C=O) groups is 1. The smallest absolute Gasteiger partial charge is 0.295 e. The summed E-state index contributed by atoms with van der Waals surface area (Å²) in [5.74, 6) is 0.495. The van der Waals surface area contributed by atoms with E-state index in [1.165, 1.54) is 4.90 Å². The number of nitrogens with zero attached hydrogens (tertiary/aromatic N) is 4. The van der Waals surface area contributed by atoms with Crippen LogP contribution in [0.15, 0.2) is 53.1 Å². The number of imidazole rings is 1. The summed E-state index contributed by atoms with van der Waals surface area (Å²) in [7, 11) is 4.92. The van der Waals surface area contributed by atoms with E-state index >= 15 is 0 Å². The van der Waals surface area contributed by atoms with Crippen molar-refractivity contribution in [3.63, 3.8) is 0 Å². The van der Waals surface area contributed by atoms with Gasteiger partial charge < -0.3 is 9.64 Å². The maximum absolute atomic E-state index is 13.2. The van der Waals surface area contributed by atoms with Gasteiger partial charge in [0.25, 0.3) is 11.5 Å². The third kappa shape index (κ3) is 3.69. The summed E-state index contributed by atoms with van der Waals surface area (Å²) in [6, 6.07) is 7.51. The van der Waals surface area contributed by atoms with E-state index in [0.717, 1.165) is 22.6 Å². The molecule has 0 aliphatic heterocycles. The Kier molecular flexibility index (Phi) is 5.35. The van der Waals surface area contributed by atoms with Gasteiger partial charge in [-0.1, -0.05) is 11.6 Å². The minimum absolute atomic E-state index is 0.226. The Hall–Kier alpha value is -3.35. The molecular formula is C21H24N4O3. The first-order valence-corrected chi connectivity index (χ1v) is 8.93. The minimum Gasteiger partial charge on any atom is -0.497 e. The van der Waals surface area contributed by atoms with Crippen molar-refractivity contribution in [2.45, 2.75) is 20.4 Å². The van der Waals surface area contributed by atoms with Crippen molar-refractivity contribution in [3.8, 4) is 17.0 Å². The van der Waals surface area contributed by atoms with Gasteiger partial charge in [-0.05, 0) is 38.1 Å². The molecule has 1 amide bonds. The average Bonchev–Trinajstić information content (AvgIpc) is 3.10. The lowest BCUT2D eigenvalue weighted by Crippen LogP contribution is -2.24. The van der Waals surface area contributed by atoms with Crippen LogP contribution in [0.4, 0.5) is 0 Å². The van der Waals surface area contributed by atoms with Crippen LogP contribution in [0.3, 0.4) is 0 Å². The van der Waals surface area contributed by atoms with Gasteiger partial charge in [-0.25, -0.2) is 4.98 Å². The van der Waals surface area contributed by atoms with Crippen molar-refractivity contribution >= 4 is 11.6 Å². The van der Waals surface area contributed by atoms with Crippen LogP contribution in [0.2, 0.25) is 0 Å². The van der Waals surface area contributed by atoms with Crippen molar-refractivity contribution in [3.05, 3.63) is 64.4 Å². The Morgan fingerprint density at radius 2 is 1.86 bits per heavy atom. The van der Waals surface area contributed by atoms with Crippen molar-refractivity contribution in [2.24, 2.45) is 0 Å². The summed E-state index contributed by atoms with van der Waals surface area (Å²) in [5.41, 5.74) is 2.94. The minimum atomic E-state index is -0.247. The van der Waals surface area contributed by atoms with Gasteiger partial charge >= 0.3 is 0 Å². The molecule has 28 heavy (non-hydrogen) atoms. The highest BCUT2D eigenvalue weighted by atomic mass is 16.5. The van der Waals surface area contributed by atoms with Gasteiger partial charge in [-0.3, -0.25) is 18.6 Å².